The van der Waals surface area contributed by atoms with Crippen molar-refractivity contribution >= 4 is 21.8 Å². The molecule has 19 heavy (non-hydrogen) atoms. The van der Waals surface area contributed by atoms with Gasteiger partial charge in [0, 0.05) is 16.6 Å². The highest BCUT2D eigenvalue weighted by atomic mass is 79.9. The lowest BCUT2D eigenvalue weighted by Gasteiger charge is -2.17. The first kappa shape index (κ1) is 14.5. The van der Waals surface area contributed by atoms with Crippen molar-refractivity contribution in [3.63, 3.8) is 0 Å². The van der Waals surface area contributed by atoms with Gasteiger partial charge in [0.05, 0.1) is 6.61 Å². The maximum Gasteiger partial charge on any atom is 0.251 e. The van der Waals surface area contributed by atoms with Crippen molar-refractivity contribution in [2.24, 2.45) is 0 Å². The predicted octanol–water partition coefficient (Wildman–Crippen LogP) is 2.64. The molecule has 5 heteroatoms. The van der Waals surface area contributed by atoms with E-state index in [0.29, 0.717) is 18.7 Å². The average Bonchev–Trinajstić information content (AvgIpc) is 2.64. The van der Waals surface area contributed by atoms with Crippen LogP contribution >= 0.6 is 15.9 Å². The van der Waals surface area contributed by atoms with Crippen molar-refractivity contribution in [3.05, 3.63) is 33.8 Å². The molecule has 4 nitrogen and oxygen atoms in total. The standard InChI is InChI=1S/C14H18BrNO3/c1-9-4-10(6-11(15)5-9)13(17)16-7-12-8-18-14(2,3)19-12/h4-6,12H,7-8H2,1-3H3,(H,16,17). The molecule has 1 unspecified atom stereocenters. The molecule has 1 aliphatic heterocycles. The fraction of sp³-hybridized carbons (Fsp3) is 0.500. The molecule has 1 aliphatic rings. The van der Waals surface area contributed by atoms with E-state index in [1.54, 1.807) is 6.07 Å². The molecule has 0 aliphatic carbocycles. The van der Waals surface area contributed by atoms with Gasteiger partial charge in [-0.25, -0.2) is 0 Å². The van der Waals surface area contributed by atoms with Gasteiger partial charge in [0.2, 0.25) is 0 Å². The number of aryl methyl sites for hydroxylation is 1. The van der Waals surface area contributed by atoms with Crippen LogP contribution < -0.4 is 5.32 Å². The second-order valence-corrected chi connectivity index (χ2v) is 6.09. The number of carbonyl (C=O) groups excluding carboxylic acids is 1. The molecule has 104 valence electrons. The van der Waals surface area contributed by atoms with Gasteiger partial charge in [-0.05, 0) is 44.5 Å². The van der Waals surface area contributed by atoms with E-state index in [4.69, 9.17) is 9.47 Å². The van der Waals surface area contributed by atoms with Crippen molar-refractivity contribution in [2.45, 2.75) is 32.7 Å². The van der Waals surface area contributed by atoms with Crippen molar-refractivity contribution in [1.82, 2.24) is 5.32 Å². The summed E-state index contributed by atoms with van der Waals surface area (Å²) in [6.07, 6.45) is -0.0906. The maximum absolute atomic E-state index is 12.0. The molecule has 1 amide bonds. The van der Waals surface area contributed by atoms with E-state index >= 15 is 0 Å². The van der Waals surface area contributed by atoms with Crippen molar-refractivity contribution < 1.29 is 14.3 Å². The lowest BCUT2D eigenvalue weighted by molar-refractivity contribution is -0.137. The lowest BCUT2D eigenvalue weighted by Crippen LogP contribution is -2.34. The van der Waals surface area contributed by atoms with Gasteiger partial charge in [0.15, 0.2) is 5.79 Å². The minimum atomic E-state index is -0.554. The smallest absolute Gasteiger partial charge is 0.251 e. The Balaban J connectivity index is 1.91. The van der Waals surface area contributed by atoms with Crippen LogP contribution in [0.3, 0.4) is 0 Å². The number of carbonyl (C=O) groups is 1. The van der Waals surface area contributed by atoms with Crippen molar-refractivity contribution in [1.29, 1.82) is 0 Å². The zero-order chi connectivity index (χ0) is 14.0. The number of hydrogen-bond donors (Lipinski definition) is 1. The number of rotatable bonds is 3. The molecule has 0 bridgehead atoms. The first-order chi connectivity index (χ1) is 8.85. The number of benzene rings is 1. The van der Waals surface area contributed by atoms with E-state index in [-0.39, 0.29) is 12.0 Å². The summed E-state index contributed by atoms with van der Waals surface area (Å²) in [5.74, 6) is -0.653. The molecule has 1 atom stereocenters. The van der Waals surface area contributed by atoms with Gasteiger partial charge in [-0.1, -0.05) is 15.9 Å². The summed E-state index contributed by atoms with van der Waals surface area (Å²) < 4.78 is 12.0. The van der Waals surface area contributed by atoms with Crippen LogP contribution in [0.25, 0.3) is 0 Å². The van der Waals surface area contributed by atoms with Crippen LogP contribution in [0.1, 0.15) is 29.8 Å². The summed E-state index contributed by atoms with van der Waals surface area (Å²) in [6, 6.07) is 5.63. The molecular weight excluding hydrogens is 310 g/mol. The number of nitrogens with one attached hydrogen (secondary N) is 1. The Hall–Kier alpha value is -0.910. The number of hydrogen-bond acceptors (Lipinski definition) is 3. The minimum absolute atomic E-state index is 0.0906. The molecule has 0 radical (unpaired) electrons. The highest BCUT2D eigenvalue weighted by Gasteiger charge is 2.32. The Labute approximate surface area is 121 Å². The third-order valence-electron chi connectivity index (χ3n) is 2.86. The van der Waals surface area contributed by atoms with Crippen molar-refractivity contribution in [2.75, 3.05) is 13.2 Å². The molecule has 0 spiro atoms. The molecule has 1 fully saturated rings. The Kier molecular flexibility index (Phi) is 4.28. The van der Waals surface area contributed by atoms with E-state index in [9.17, 15) is 4.79 Å². The third-order valence-corrected chi connectivity index (χ3v) is 3.32. The maximum atomic E-state index is 12.0. The van der Waals surface area contributed by atoms with Crippen LogP contribution in [-0.4, -0.2) is 30.9 Å². The fourth-order valence-corrected chi connectivity index (χ4v) is 2.65. The van der Waals surface area contributed by atoms with Crippen LogP contribution in [-0.2, 0) is 9.47 Å². The van der Waals surface area contributed by atoms with Crippen LogP contribution in [0.5, 0.6) is 0 Å². The molecule has 1 aromatic rings. The second-order valence-electron chi connectivity index (χ2n) is 5.18. The summed E-state index contributed by atoms with van der Waals surface area (Å²) in [6.45, 7) is 6.65. The first-order valence-electron chi connectivity index (χ1n) is 6.23. The van der Waals surface area contributed by atoms with Gasteiger partial charge in [-0.15, -0.1) is 0 Å². The summed E-state index contributed by atoms with van der Waals surface area (Å²) in [4.78, 5) is 12.0. The van der Waals surface area contributed by atoms with E-state index < -0.39 is 5.79 Å². The molecule has 1 heterocycles. The van der Waals surface area contributed by atoms with Gasteiger partial charge in [0.25, 0.3) is 5.91 Å². The Morgan fingerprint density at radius 3 is 2.79 bits per heavy atom. The molecule has 0 aromatic heterocycles. The molecule has 1 saturated heterocycles. The normalized spacial score (nSPS) is 21.4. The molecule has 2 rings (SSSR count). The summed E-state index contributed by atoms with van der Waals surface area (Å²) in [7, 11) is 0. The number of ether oxygens (including phenoxy) is 2. The zero-order valence-corrected chi connectivity index (χ0v) is 12.9. The highest BCUT2D eigenvalue weighted by molar-refractivity contribution is 9.10. The molecular formula is C14H18BrNO3. The largest absolute Gasteiger partial charge is 0.349 e. The molecule has 1 N–H and O–H groups in total. The summed E-state index contributed by atoms with van der Waals surface area (Å²) in [5.41, 5.74) is 1.69. The van der Waals surface area contributed by atoms with Gasteiger partial charge >= 0.3 is 0 Å². The average molecular weight is 328 g/mol. The van der Waals surface area contributed by atoms with Crippen LogP contribution in [0.2, 0.25) is 0 Å². The Morgan fingerprint density at radius 1 is 1.47 bits per heavy atom. The van der Waals surface area contributed by atoms with Crippen LogP contribution in [0, 0.1) is 6.92 Å². The summed E-state index contributed by atoms with van der Waals surface area (Å²) >= 11 is 3.39. The van der Waals surface area contributed by atoms with E-state index in [0.717, 1.165) is 10.0 Å². The topological polar surface area (TPSA) is 47.6 Å². The number of halogens is 1. The molecule has 0 saturated carbocycles. The summed E-state index contributed by atoms with van der Waals surface area (Å²) in [5, 5.41) is 2.87. The van der Waals surface area contributed by atoms with E-state index in [2.05, 4.69) is 21.2 Å². The van der Waals surface area contributed by atoms with Crippen molar-refractivity contribution in [3.8, 4) is 0 Å². The SMILES string of the molecule is Cc1cc(Br)cc(C(=O)NCC2COC(C)(C)O2)c1. The van der Waals surface area contributed by atoms with E-state index in [1.807, 2.05) is 32.9 Å². The molecule has 1 aromatic carbocycles. The van der Waals surface area contributed by atoms with Crippen LogP contribution in [0.4, 0.5) is 0 Å². The highest BCUT2D eigenvalue weighted by Crippen LogP contribution is 2.21. The number of amides is 1. The monoisotopic (exact) mass is 327 g/mol. The second kappa shape index (κ2) is 5.61. The van der Waals surface area contributed by atoms with E-state index in [1.165, 1.54) is 0 Å². The quantitative estimate of drug-likeness (QED) is 0.928. The van der Waals surface area contributed by atoms with Gasteiger partial charge in [-0.3, -0.25) is 4.79 Å². The lowest BCUT2D eigenvalue weighted by atomic mass is 10.1. The van der Waals surface area contributed by atoms with Gasteiger partial charge in [0.1, 0.15) is 6.10 Å². The van der Waals surface area contributed by atoms with Crippen LogP contribution in [0.15, 0.2) is 22.7 Å². The Bertz CT molecular complexity index is 467. The zero-order valence-electron chi connectivity index (χ0n) is 11.3. The first-order valence-corrected chi connectivity index (χ1v) is 7.02. The van der Waals surface area contributed by atoms with Gasteiger partial charge < -0.3 is 14.8 Å². The third kappa shape index (κ3) is 4.03. The van der Waals surface area contributed by atoms with Gasteiger partial charge in [-0.2, -0.15) is 0 Å². The Morgan fingerprint density at radius 2 is 2.21 bits per heavy atom. The predicted molar refractivity (Wildman–Crippen MR) is 76.1 cm³/mol. The minimum Gasteiger partial charge on any atom is -0.349 e. The fourth-order valence-electron chi connectivity index (χ4n) is 2.04.